The van der Waals surface area contributed by atoms with Gasteiger partial charge in [0.25, 0.3) is 5.09 Å². The molecule has 0 spiro atoms. The van der Waals surface area contributed by atoms with Gasteiger partial charge in [-0.05, 0) is 0 Å². The van der Waals surface area contributed by atoms with Gasteiger partial charge in [-0.15, -0.1) is 10.1 Å². The quantitative estimate of drug-likeness (QED) is 0.221. The van der Waals surface area contributed by atoms with Crippen LogP contribution in [0.4, 0.5) is 0 Å². The predicted molar refractivity (Wildman–Crippen MR) is 8.78 cm³/mol. The van der Waals surface area contributed by atoms with Gasteiger partial charge in [-0.25, -0.2) is 0 Å². The maximum absolute atomic E-state index is 8.36. The van der Waals surface area contributed by atoms with Crippen LogP contribution in [0.25, 0.3) is 0 Å². The molecule has 6 heavy (non-hydrogen) atoms. The van der Waals surface area contributed by atoms with Crippen LogP contribution in [0.2, 0.25) is 0 Å². The van der Waals surface area contributed by atoms with Crippen LogP contribution in [-0.2, 0) is 0 Å². The monoisotopic (exact) mass is 165 g/mol. The van der Waals surface area contributed by atoms with Crippen molar-refractivity contribution in [2.75, 3.05) is 0 Å². The molecule has 0 radical (unpaired) electrons. The molecule has 0 saturated carbocycles. The molecule has 0 amide bonds. The maximum atomic E-state index is 8.36. The van der Waals surface area contributed by atoms with Crippen LogP contribution in [0.15, 0.2) is 0 Å². The zero-order chi connectivity index (χ0) is 3.58. The van der Waals surface area contributed by atoms with Crippen LogP contribution in [0.5, 0.6) is 0 Å². The fourth-order valence-corrected chi connectivity index (χ4v) is 0. The summed E-state index contributed by atoms with van der Waals surface area (Å²) >= 11 is 0. The second-order valence-electron chi connectivity index (χ2n) is 0.238. The van der Waals surface area contributed by atoms with E-state index in [2.05, 4.69) is 0 Å². The molecule has 6 heteroatoms. The Bertz CT molecular complexity index is 33.8. The van der Waals surface area contributed by atoms with Crippen molar-refractivity contribution in [3.05, 3.63) is 10.1 Å². The average Bonchev–Trinajstić information content (AvgIpc) is 0.811. The Hall–Kier alpha value is 0.680. The van der Waals surface area contributed by atoms with Gasteiger partial charge in [0.15, 0.2) is 0 Å². The van der Waals surface area contributed by atoms with E-state index in [-0.39, 0.29) is 46.5 Å². The molecule has 0 atom stereocenters. The minimum Gasteiger partial charge on any atom is -1.00 e. The van der Waals surface area contributed by atoms with Gasteiger partial charge < -0.3 is 22.2 Å². The number of hydrogen-bond acceptors (Lipinski definition) is 2. The van der Waals surface area contributed by atoms with Gasteiger partial charge in [-0.2, -0.15) is 0 Å². The molecule has 0 bridgehead atoms. The fraction of sp³-hybridized carbons (Fsp3) is 0. The van der Waals surface area contributed by atoms with Crippen LogP contribution < -0.4 is 46.5 Å². The summed E-state index contributed by atoms with van der Waals surface area (Å²) in [5, 5.41) is 13.6. The zero-order valence-corrected chi connectivity index (χ0v) is 6.67. The fourth-order valence-electron chi connectivity index (χ4n) is 0. The first-order chi connectivity index (χ1) is 1.73. The molecule has 0 unspecified atom stereocenters. The number of rotatable bonds is 0. The normalized spacial score (nSPS) is 4.00. The second kappa shape index (κ2) is 9.19. The van der Waals surface area contributed by atoms with Crippen molar-refractivity contribution in [1.82, 2.24) is 0 Å². The van der Waals surface area contributed by atoms with Crippen molar-refractivity contribution in [2.24, 2.45) is 0 Å². The van der Waals surface area contributed by atoms with Gasteiger partial charge in [0, 0.05) is 0 Å². The third-order valence-electron chi connectivity index (χ3n) is 0. The topological polar surface area (TPSA) is 63.4 Å². The van der Waals surface area contributed by atoms with E-state index in [0.717, 1.165) is 0 Å². The smallest absolute Gasteiger partial charge is 1.00 e. The largest absolute Gasteiger partial charge is 1.00 e. The van der Waals surface area contributed by atoms with Gasteiger partial charge in [0.1, 0.15) is 0 Å². The molecule has 0 aliphatic carbocycles. The van der Waals surface area contributed by atoms with Gasteiger partial charge in [0.05, 0.1) is 0 Å². The zero-order valence-electron chi connectivity index (χ0n) is 3.09. The van der Waals surface area contributed by atoms with Crippen molar-refractivity contribution >= 4 is 0 Å². The minimum absolute atomic E-state index is 0. The van der Waals surface area contributed by atoms with Gasteiger partial charge in [-0.3, -0.25) is 0 Å². The third-order valence-corrected chi connectivity index (χ3v) is 0. The molecule has 0 rings (SSSR count). The van der Waals surface area contributed by atoms with E-state index >= 15 is 0 Å². The Morgan fingerprint density at radius 3 is 1.67 bits per heavy atom. The van der Waals surface area contributed by atoms with Crippen LogP contribution in [0.1, 0.15) is 0 Å². The second-order valence-corrected chi connectivity index (χ2v) is 0.238. The Labute approximate surface area is 66.7 Å². The van der Waals surface area contributed by atoms with Crippen molar-refractivity contribution in [2.45, 2.75) is 0 Å². The van der Waals surface area contributed by atoms with Crippen LogP contribution in [-0.4, -0.2) is 10.3 Å². The maximum Gasteiger partial charge on any atom is 1.00 e. The molecule has 0 saturated heterocycles. The molecule has 0 aromatic carbocycles. The summed E-state index contributed by atoms with van der Waals surface area (Å²) in [6, 6.07) is 0. The summed E-state index contributed by atoms with van der Waals surface area (Å²) in [5.74, 6) is 0. The molecule has 0 fully saturated rings. The number of hydrogen-bond donors (Lipinski definition) is 1. The van der Waals surface area contributed by atoms with E-state index in [1.54, 1.807) is 0 Å². The molecule has 0 aromatic heterocycles. The van der Waals surface area contributed by atoms with E-state index in [0.29, 0.717) is 0 Å². The van der Waals surface area contributed by atoms with Crippen molar-refractivity contribution in [1.29, 1.82) is 0 Å². The first-order valence-corrected chi connectivity index (χ1v) is 0.565. The predicted octanol–water partition coefficient (Wildman–Crippen LogP) is -6.34. The Morgan fingerprint density at radius 1 is 1.67 bits per heavy atom. The molecule has 0 aliphatic rings. The first-order valence-electron chi connectivity index (χ1n) is 0.565. The molecule has 1 N–H and O–H groups in total. The Balaban J connectivity index is -0.0000000450. The van der Waals surface area contributed by atoms with Gasteiger partial charge in [-0.1, -0.05) is 0 Å². The Kier molecular flexibility index (Phi) is 24.4. The van der Waals surface area contributed by atoms with Crippen LogP contribution in [0, 0.1) is 10.1 Å². The average molecular weight is 166 g/mol. The molecule has 0 aromatic rings. The van der Waals surface area contributed by atoms with Gasteiger partial charge >= 0.3 is 29.6 Å². The van der Waals surface area contributed by atoms with E-state index in [1.165, 1.54) is 0 Å². The molecule has 0 aliphatic heterocycles. The summed E-state index contributed by atoms with van der Waals surface area (Å²) in [7, 11) is 0. The molecule has 32 valence electrons. The first kappa shape index (κ1) is 15.9. The SMILES string of the molecule is O=[N+]([O-])O.[Br-].[Na+]. The third kappa shape index (κ3) is 137. The number of nitrogens with zero attached hydrogens (tertiary/aromatic N) is 1. The summed E-state index contributed by atoms with van der Waals surface area (Å²) in [4.78, 5) is 8.36. The van der Waals surface area contributed by atoms with Crippen molar-refractivity contribution in [3.8, 4) is 0 Å². The summed E-state index contributed by atoms with van der Waals surface area (Å²) in [6.45, 7) is 0. The minimum atomic E-state index is -1.50. The molecular weight excluding hydrogens is 165 g/mol. The molecule has 0 heterocycles. The van der Waals surface area contributed by atoms with Crippen molar-refractivity contribution in [3.63, 3.8) is 0 Å². The Morgan fingerprint density at radius 2 is 1.67 bits per heavy atom. The molecule has 4 nitrogen and oxygen atoms in total. The van der Waals surface area contributed by atoms with E-state index in [4.69, 9.17) is 15.3 Å². The summed E-state index contributed by atoms with van der Waals surface area (Å²) < 4.78 is 0. The summed E-state index contributed by atoms with van der Waals surface area (Å²) in [6.07, 6.45) is 0. The van der Waals surface area contributed by atoms with E-state index < -0.39 is 5.09 Å². The standard InChI is InChI=1S/BrH.HNO3.Na/c;2-1(3)4;/h1H;(H,2,3,4);/q;;+1/p-1. The van der Waals surface area contributed by atoms with Gasteiger partial charge in [0.2, 0.25) is 0 Å². The molecular formula is HBrNNaO3. The number of halogens is 1. The van der Waals surface area contributed by atoms with Crippen molar-refractivity contribution < 1.29 is 56.8 Å². The van der Waals surface area contributed by atoms with Crippen LogP contribution >= 0.6 is 0 Å². The van der Waals surface area contributed by atoms with E-state index in [1.807, 2.05) is 0 Å². The summed E-state index contributed by atoms with van der Waals surface area (Å²) in [5.41, 5.74) is 0. The van der Waals surface area contributed by atoms with E-state index in [9.17, 15) is 0 Å². The van der Waals surface area contributed by atoms with Crippen LogP contribution in [0.3, 0.4) is 0 Å².